The molecule has 2 heterocycles. The van der Waals surface area contributed by atoms with Gasteiger partial charge in [-0.1, -0.05) is 18.2 Å². The van der Waals surface area contributed by atoms with Crippen molar-refractivity contribution in [3.05, 3.63) is 54.0 Å². The molecule has 0 spiro atoms. The molecule has 0 amide bonds. The van der Waals surface area contributed by atoms with Crippen molar-refractivity contribution in [1.29, 1.82) is 0 Å². The number of hydrogen-bond acceptors (Lipinski definition) is 2. The van der Waals surface area contributed by atoms with Crippen LogP contribution in [-0.2, 0) is 6.42 Å². The van der Waals surface area contributed by atoms with E-state index in [2.05, 4.69) is 36.1 Å². The van der Waals surface area contributed by atoms with Crippen molar-refractivity contribution in [3.8, 4) is 0 Å². The standard InChI is InChI=1S/C15H16ClNO/c1-11-9-12-5-2-3-6-14(12)17(11)10-13(16)15-7-4-8-18-15/h2-8,11,13H,9-10H2,1H3. The van der Waals surface area contributed by atoms with E-state index in [9.17, 15) is 0 Å². The van der Waals surface area contributed by atoms with E-state index in [1.165, 1.54) is 11.3 Å². The van der Waals surface area contributed by atoms with Gasteiger partial charge in [0, 0.05) is 18.3 Å². The summed E-state index contributed by atoms with van der Waals surface area (Å²) in [6.07, 6.45) is 2.77. The Bertz CT molecular complexity index is 523. The average molecular weight is 262 g/mol. The van der Waals surface area contributed by atoms with Gasteiger partial charge in [0.1, 0.15) is 11.1 Å². The Morgan fingerprint density at radius 3 is 2.94 bits per heavy atom. The molecule has 3 heteroatoms. The number of halogens is 1. The Morgan fingerprint density at radius 2 is 2.17 bits per heavy atom. The molecule has 18 heavy (non-hydrogen) atoms. The van der Waals surface area contributed by atoms with Gasteiger partial charge >= 0.3 is 0 Å². The zero-order chi connectivity index (χ0) is 12.5. The third kappa shape index (κ3) is 2.01. The zero-order valence-electron chi connectivity index (χ0n) is 10.3. The summed E-state index contributed by atoms with van der Waals surface area (Å²) >= 11 is 6.42. The molecule has 1 aromatic carbocycles. The Labute approximate surface area is 112 Å². The van der Waals surface area contributed by atoms with Crippen molar-refractivity contribution < 1.29 is 4.42 Å². The monoisotopic (exact) mass is 261 g/mol. The normalized spacial score (nSPS) is 19.9. The van der Waals surface area contributed by atoms with E-state index in [0.717, 1.165) is 18.7 Å². The fourth-order valence-electron chi connectivity index (χ4n) is 2.64. The smallest absolute Gasteiger partial charge is 0.123 e. The molecule has 0 radical (unpaired) electrons. The summed E-state index contributed by atoms with van der Waals surface area (Å²) in [6, 6.07) is 12.9. The molecule has 0 saturated heterocycles. The SMILES string of the molecule is CC1Cc2ccccc2N1CC(Cl)c1ccco1. The van der Waals surface area contributed by atoms with Gasteiger partial charge in [0.2, 0.25) is 0 Å². The lowest BCUT2D eigenvalue weighted by Crippen LogP contribution is -2.32. The predicted molar refractivity (Wildman–Crippen MR) is 74.3 cm³/mol. The highest BCUT2D eigenvalue weighted by atomic mass is 35.5. The quantitative estimate of drug-likeness (QED) is 0.776. The third-order valence-electron chi connectivity index (χ3n) is 3.56. The molecule has 0 saturated carbocycles. The molecule has 0 N–H and O–H groups in total. The minimum absolute atomic E-state index is 0.103. The third-order valence-corrected chi connectivity index (χ3v) is 3.91. The van der Waals surface area contributed by atoms with Crippen LogP contribution >= 0.6 is 11.6 Å². The van der Waals surface area contributed by atoms with Gasteiger partial charge in [-0.2, -0.15) is 0 Å². The molecule has 2 atom stereocenters. The van der Waals surface area contributed by atoms with Crippen LogP contribution in [0.15, 0.2) is 47.1 Å². The molecule has 94 valence electrons. The number of nitrogens with zero attached hydrogens (tertiary/aromatic N) is 1. The summed E-state index contributed by atoms with van der Waals surface area (Å²) < 4.78 is 5.37. The summed E-state index contributed by atoms with van der Waals surface area (Å²) in [6.45, 7) is 3.03. The van der Waals surface area contributed by atoms with Gasteiger partial charge < -0.3 is 9.32 Å². The molecular formula is C15H16ClNO. The fourth-order valence-corrected chi connectivity index (χ4v) is 2.91. The van der Waals surface area contributed by atoms with Crippen molar-refractivity contribution in [3.63, 3.8) is 0 Å². The number of hydrogen-bond donors (Lipinski definition) is 0. The van der Waals surface area contributed by atoms with Crippen LogP contribution in [0.25, 0.3) is 0 Å². The Hall–Kier alpha value is -1.41. The second-order valence-corrected chi connectivity index (χ2v) is 5.34. The van der Waals surface area contributed by atoms with Crippen molar-refractivity contribution in [2.75, 3.05) is 11.4 Å². The van der Waals surface area contributed by atoms with Crippen molar-refractivity contribution >= 4 is 17.3 Å². The maximum Gasteiger partial charge on any atom is 0.123 e. The van der Waals surface area contributed by atoms with E-state index in [1.54, 1.807) is 6.26 Å². The summed E-state index contributed by atoms with van der Waals surface area (Å²) in [5.41, 5.74) is 2.72. The minimum Gasteiger partial charge on any atom is -0.468 e. The zero-order valence-corrected chi connectivity index (χ0v) is 11.1. The van der Waals surface area contributed by atoms with Gasteiger partial charge in [0.05, 0.1) is 6.26 Å². The Kier molecular flexibility index (Phi) is 3.04. The van der Waals surface area contributed by atoms with Gasteiger partial charge in [-0.15, -0.1) is 11.6 Å². The lowest BCUT2D eigenvalue weighted by molar-refractivity contribution is 0.496. The number of anilines is 1. The number of benzene rings is 1. The fraction of sp³-hybridized carbons (Fsp3) is 0.333. The van der Waals surface area contributed by atoms with Crippen LogP contribution < -0.4 is 4.90 Å². The maximum absolute atomic E-state index is 6.42. The summed E-state index contributed by atoms with van der Waals surface area (Å²) in [4.78, 5) is 2.37. The summed E-state index contributed by atoms with van der Waals surface area (Å²) in [5, 5.41) is -0.103. The lowest BCUT2D eigenvalue weighted by Gasteiger charge is -2.26. The van der Waals surface area contributed by atoms with Crippen LogP contribution in [0, 0.1) is 0 Å². The summed E-state index contributed by atoms with van der Waals surface area (Å²) in [7, 11) is 0. The van der Waals surface area contributed by atoms with E-state index in [4.69, 9.17) is 16.0 Å². The largest absolute Gasteiger partial charge is 0.468 e. The van der Waals surface area contributed by atoms with Crippen LogP contribution in [-0.4, -0.2) is 12.6 Å². The van der Waals surface area contributed by atoms with E-state index in [0.29, 0.717) is 6.04 Å². The number of rotatable bonds is 3. The highest BCUT2D eigenvalue weighted by Crippen LogP contribution is 2.34. The first kappa shape index (κ1) is 11.7. The van der Waals surface area contributed by atoms with Crippen LogP contribution in [0.1, 0.15) is 23.6 Å². The number of alkyl halides is 1. The molecule has 0 bridgehead atoms. The van der Waals surface area contributed by atoms with E-state index >= 15 is 0 Å². The molecule has 1 aliphatic heterocycles. The molecule has 2 nitrogen and oxygen atoms in total. The highest BCUT2D eigenvalue weighted by molar-refractivity contribution is 6.20. The number of para-hydroxylation sites is 1. The number of furan rings is 1. The second kappa shape index (κ2) is 4.69. The Balaban J connectivity index is 1.81. The van der Waals surface area contributed by atoms with Gasteiger partial charge in [-0.05, 0) is 37.1 Å². The average Bonchev–Trinajstić information content (AvgIpc) is 2.98. The number of fused-ring (bicyclic) bond motifs is 1. The molecular weight excluding hydrogens is 246 g/mol. The summed E-state index contributed by atoms with van der Waals surface area (Å²) in [5.74, 6) is 0.841. The first-order valence-electron chi connectivity index (χ1n) is 6.27. The molecule has 1 aliphatic rings. The minimum atomic E-state index is -0.103. The van der Waals surface area contributed by atoms with Crippen molar-refractivity contribution in [2.24, 2.45) is 0 Å². The van der Waals surface area contributed by atoms with Crippen molar-refractivity contribution in [1.82, 2.24) is 0 Å². The van der Waals surface area contributed by atoms with Crippen molar-refractivity contribution in [2.45, 2.75) is 24.8 Å². The van der Waals surface area contributed by atoms with Crippen LogP contribution in [0.4, 0.5) is 5.69 Å². The lowest BCUT2D eigenvalue weighted by atomic mass is 10.1. The van der Waals surface area contributed by atoms with Crippen LogP contribution in [0.5, 0.6) is 0 Å². The molecule has 1 aromatic heterocycles. The van der Waals surface area contributed by atoms with Gasteiger partial charge in [0.25, 0.3) is 0 Å². The molecule has 2 aromatic rings. The molecule has 0 aliphatic carbocycles. The Morgan fingerprint density at radius 1 is 1.33 bits per heavy atom. The van der Waals surface area contributed by atoms with E-state index < -0.39 is 0 Å². The topological polar surface area (TPSA) is 16.4 Å². The first-order valence-corrected chi connectivity index (χ1v) is 6.71. The van der Waals surface area contributed by atoms with Crippen LogP contribution in [0.3, 0.4) is 0 Å². The first-order chi connectivity index (χ1) is 8.75. The van der Waals surface area contributed by atoms with E-state index in [1.807, 2.05) is 12.1 Å². The molecule has 0 fully saturated rings. The molecule has 3 rings (SSSR count). The van der Waals surface area contributed by atoms with E-state index in [-0.39, 0.29) is 5.38 Å². The molecule has 2 unspecified atom stereocenters. The maximum atomic E-state index is 6.42. The van der Waals surface area contributed by atoms with Gasteiger partial charge in [-0.25, -0.2) is 0 Å². The second-order valence-electron chi connectivity index (χ2n) is 4.82. The predicted octanol–water partition coefficient (Wildman–Crippen LogP) is 4.01. The van der Waals surface area contributed by atoms with Crippen LogP contribution in [0.2, 0.25) is 0 Å². The highest BCUT2D eigenvalue weighted by Gasteiger charge is 2.28. The van der Waals surface area contributed by atoms with Gasteiger partial charge in [0.15, 0.2) is 0 Å². The van der Waals surface area contributed by atoms with Gasteiger partial charge in [-0.3, -0.25) is 0 Å².